The van der Waals surface area contributed by atoms with E-state index in [1.54, 1.807) is 0 Å². The van der Waals surface area contributed by atoms with E-state index >= 15 is 0 Å². The molecule has 0 aromatic carbocycles. The van der Waals surface area contributed by atoms with Gasteiger partial charge in [0.15, 0.2) is 0 Å². The molecule has 72 valence electrons. The van der Waals surface area contributed by atoms with Crippen LogP contribution in [0, 0.1) is 0 Å². The van der Waals surface area contributed by atoms with Gasteiger partial charge in [-0.2, -0.15) is 0 Å². The first-order chi connectivity index (χ1) is 4.43. The molecule has 0 bridgehead atoms. The maximum Gasteiger partial charge on any atom is 0.287 e. The van der Waals surface area contributed by atoms with Crippen LogP contribution in [0.5, 0.6) is 0 Å². The molecule has 0 heterocycles. The van der Waals surface area contributed by atoms with Crippen LogP contribution in [0.4, 0.5) is 19.4 Å². The Morgan fingerprint density at radius 1 is 1.09 bits per heavy atom. The molecule has 1 atom stereocenters. The third-order valence-corrected chi connectivity index (χ3v) is 2.72. The van der Waals surface area contributed by atoms with Crippen molar-refractivity contribution in [2.45, 2.75) is 5.38 Å². The quantitative estimate of drug-likeness (QED) is 0.513. The molecule has 0 spiro atoms. The number of hydrogen-bond donors (Lipinski definition) is 0. The van der Waals surface area contributed by atoms with Gasteiger partial charge < -0.3 is 0 Å². The highest BCUT2D eigenvalue weighted by atomic mass is 35.5. The molecule has 0 nitrogen and oxygen atoms in total. The van der Waals surface area contributed by atoms with Crippen molar-refractivity contribution in [2.24, 2.45) is 0 Å². The lowest BCUT2D eigenvalue weighted by atomic mass is 10.6. The van der Waals surface area contributed by atoms with Gasteiger partial charge in [0, 0.05) is 5.88 Å². The van der Waals surface area contributed by atoms with Crippen LogP contribution in [0.3, 0.4) is 0 Å². The average Bonchev–Trinajstić information content (AvgIpc) is 1.57. The van der Waals surface area contributed by atoms with Crippen molar-refractivity contribution in [3.63, 3.8) is 0 Å². The molecule has 0 aliphatic carbocycles. The van der Waals surface area contributed by atoms with Gasteiger partial charge in [0.25, 0.3) is 10.2 Å². The normalized spacial score (nSPS) is 22.1. The predicted molar refractivity (Wildman–Crippen MR) is 38.4 cm³/mol. The Kier molecular flexibility index (Phi) is 2.41. The Morgan fingerprint density at radius 2 is 1.45 bits per heavy atom. The van der Waals surface area contributed by atoms with Crippen molar-refractivity contribution in [1.29, 1.82) is 0 Å². The van der Waals surface area contributed by atoms with Crippen LogP contribution < -0.4 is 0 Å². The van der Waals surface area contributed by atoms with Crippen LogP contribution in [0.15, 0.2) is 0 Å². The van der Waals surface area contributed by atoms with E-state index in [9.17, 15) is 19.4 Å². The zero-order valence-electron chi connectivity index (χ0n) is 5.05. The van der Waals surface area contributed by atoms with Gasteiger partial charge in [-0.1, -0.05) is 19.4 Å². The van der Waals surface area contributed by atoms with E-state index in [0.29, 0.717) is 0 Å². The number of halogens is 7. The van der Waals surface area contributed by atoms with Crippen molar-refractivity contribution in [3.05, 3.63) is 0 Å². The van der Waals surface area contributed by atoms with Crippen molar-refractivity contribution >= 4 is 33.4 Å². The van der Waals surface area contributed by atoms with E-state index < -0.39 is 27.2 Å². The van der Waals surface area contributed by atoms with Gasteiger partial charge in [0.05, 0.1) is 5.38 Å². The molecule has 0 fully saturated rings. The minimum atomic E-state index is -9.34. The molecular formula is C3H5Cl2F5S. The van der Waals surface area contributed by atoms with E-state index in [2.05, 4.69) is 0 Å². The Bertz CT molecular complexity index is 148. The Labute approximate surface area is 70.4 Å². The SMILES string of the molecule is FS(F)(F)(F)(F)CC(Cl)CCl. The van der Waals surface area contributed by atoms with Gasteiger partial charge in [-0.25, -0.2) is 0 Å². The Hall–Kier alpha value is 0.580. The molecule has 0 saturated carbocycles. The second-order valence-electron chi connectivity index (χ2n) is 2.05. The fourth-order valence-electron chi connectivity index (χ4n) is 0.386. The topological polar surface area (TPSA) is 0 Å². The molecule has 0 amide bonds. The summed E-state index contributed by atoms with van der Waals surface area (Å²) < 4.78 is 57.5. The van der Waals surface area contributed by atoms with Gasteiger partial charge in [0.2, 0.25) is 0 Å². The highest BCUT2D eigenvalue weighted by Gasteiger charge is 2.63. The van der Waals surface area contributed by atoms with Crippen LogP contribution in [-0.4, -0.2) is 17.0 Å². The smallest absolute Gasteiger partial charge is 0.125 e. The molecule has 0 radical (unpaired) electrons. The molecule has 0 N–H and O–H groups in total. The lowest BCUT2D eigenvalue weighted by Gasteiger charge is -2.41. The summed E-state index contributed by atoms with van der Waals surface area (Å²) in [7, 11) is -9.34. The molecule has 0 aromatic heterocycles. The monoisotopic (exact) mass is 238 g/mol. The first-order valence-corrected chi connectivity index (χ1v) is 5.45. The second-order valence-corrected chi connectivity index (χ2v) is 5.56. The summed E-state index contributed by atoms with van der Waals surface area (Å²) in [6.45, 7) is 0. The van der Waals surface area contributed by atoms with Gasteiger partial charge in [-0.05, 0) is 0 Å². The van der Waals surface area contributed by atoms with Gasteiger partial charge in [-0.15, -0.1) is 23.2 Å². The Balaban J connectivity index is 4.38. The van der Waals surface area contributed by atoms with Gasteiger partial charge in [0.1, 0.15) is 5.75 Å². The molecular weight excluding hydrogens is 234 g/mol. The molecule has 0 saturated heterocycles. The maximum absolute atomic E-state index is 11.5. The van der Waals surface area contributed by atoms with E-state index in [1.165, 1.54) is 0 Å². The maximum atomic E-state index is 11.5. The summed E-state index contributed by atoms with van der Waals surface area (Å²) in [6, 6.07) is 0. The Morgan fingerprint density at radius 3 is 1.55 bits per heavy atom. The molecule has 0 rings (SSSR count). The summed E-state index contributed by atoms with van der Waals surface area (Å²) in [6.07, 6.45) is 0. The molecule has 0 aromatic rings. The van der Waals surface area contributed by atoms with Crippen molar-refractivity contribution in [1.82, 2.24) is 0 Å². The molecule has 0 aliphatic rings. The largest absolute Gasteiger partial charge is 0.287 e. The molecule has 0 aliphatic heterocycles. The van der Waals surface area contributed by atoms with E-state index in [1.807, 2.05) is 0 Å². The van der Waals surface area contributed by atoms with Crippen LogP contribution in [0.2, 0.25) is 0 Å². The number of alkyl halides is 2. The highest BCUT2D eigenvalue weighted by molar-refractivity contribution is 8.45. The molecule has 11 heavy (non-hydrogen) atoms. The molecule has 8 heteroatoms. The van der Waals surface area contributed by atoms with Gasteiger partial charge >= 0.3 is 0 Å². The summed E-state index contributed by atoms with van der Waals surface area (Å²) in [5.74, 6) is -2.95. The fraction of sp³-hybridized carbons (Fsp3) is 1.00. The van der Waals surface area contributed by atoms with Crippen LogP contribution in [0.25, 0.3) is 0 Å². The standard InChI is InChI=1S/C3H5Cl2F5S/c4-1-3(5)2-11(6,7,8,9)10/h3H,1-2H2. The summed E-state index contributed by atoms with van der Waals surface area (Å²) in [5.41, 5.74) is 0. The lowest BCUT2D eigenvalue weighted by Crippen LogP contribution is -2.20. The summed E-state index contributed by atoms with van der Waals surface area (Å²) in [5, 5.41) is -1.76. The van der Waals surface area contributed by atoms with E-state index in [4.69, 9.17) is 23.2 Å². The van der Waals surface area contributed by atoms with Crippen LogP contribution in [0.1, 0.15) is 0 Å². The minimum absolute atomic E-state index is 0.646. The summed E-state index contributed by atoms with van der Waals surface area (Å²) >= 11 is 9.66. The van der Waals surface area contributed by atoms with Gasteiger partial charge in [-0.3, -0.25) is 0 Å². The van der Waals surface area contributed by atoms with E-state index in [0.717, 1.165) is 0 Å². The zero-order chi connectivity index (χ0) is 9.40. The average molecular weight is 239 g/mol. The van der Waals surface area contributed by atoms with Crippen LogP contribution in [-0.2, 0) is 0 Å². The lowest BCUT2D eigenvalue weighted by molar-refractivity contribution is 0.364. The number of hydrogen-bond acceptors (Lipinski definition) is 0. The van der Waals surface area contributed by atoms with Crippen molar-refractivity contribution < 1.29 is 19.4 Å². The van der Waals surface area contributed by atoms with Crippen LogP contribution >= 0.6 is 33.4 Å². The first kappa shape index (κ1) is 11.6. The third-order valence-electron chi connectivity index (χ3n) is 0.663. The highest BCUT2D eigenvalue weighted by Crippen LogP contribution is 2.97. The zero-order valence-corrected chi connectivity index (χ0v) is 7.37. The van der Waals surface area contributed by atoms with Crippen molar-refractivity contribution in [3.8, 4) is 0 Å². The van der Waals surface area contributed by atoms with E-state index in [-0.39, 0.29) is 0 Å². The fourth-order valence-corrected chi connectivity index (χ4v) is 2.14. The molecule has 1 unspecified atom stereocenters. The summed E-state index contributed by atoms with van der Waals surface area (Å²) in [4.78, 5) is 0. The third kappa shape index (κ3) is 8.49. The first-order valence-electron chi connectivity index (χ1n) is 2.36. The van der Waals surface area contributed by atoms with Crippen molar-refractivity contribution in [2.75, 3.05) is 11.6 Å². The predicted octanol–water partition coefficient (Wildman–Crippen LogP) is 4.13. The second kappa shape index (κ2) is 2.29. The minimum Gasteiger partial charge on any atom is -0.125 e. The number of rotatable bonds is 3.